The largest absolute Gasteiger partial charge is 0.416 e. The van der Waals surface area contributed by atoms with E-state index >= 15 is 0 Å². The number of benzene rings is 2. The molecule has 0 atom stereocenters. The number of fused-ring (bicyclic) bond motifs is 1. The fraction of sp³-hybridized carbons (Fsp3) is 0.133. The van der Waals surface area contributed by atoms with Crippen molar-refractivity contribution in [2.24, 2.45) is 0 Å². The van der Waals surface area contributed by atoms with Crippen molar-refractivity contribution in [2.75, 3.05) is 4.72 Å². The first-order valence-corrected chi connectivity index (χ1v) is 9.02. The van der Waals surface area contributed by atoms with Gasteiger partial charge >= 0.3 is 6.18 Å². The van der Waals surface area contributed by atoms with E-state index in [4.69, 9.17) is 0 Å². The predicted octanol–water partition coefficient (Wildman–Crippen LogP) is 4.42. The molecule has 0 aliphatic rings. The van der Waals surface area contributed by atoms with Crippen molar-refractivity contribution >= 4 is 37.3 Å². The summed E-state index contributed by atoms with van der Waals surface area (Å²) >= 11 is 1.48. The Balaban J connectivity index is 1.89. The molecule has 0 fully saturated rings. The second-order valence-electron chi connectivity index (χ2n) is 5.04. The summed E-state index contributed by atoms with van der Waals surface area (Å²) in [7, 11) is -3.98. The maximum atomic E-state index is 12.5. The molecular formula is C15H11F3N2O2S2. The van der Waals surface area contributed by atoms with Crippen molar-refractivity contribution in [1.29, 1.82) is 0 Å². The lowest BCUT2D eigenvalue weighted by Crippen LogP contribution is -2.13. The number of hydrogen-bond donors (Lipinski definition) is 1. The van der Waals surface area contributed by atoms with Gasteiger partial charge in [0, 0.05) is 0 Å². The van der Waals surface area contributed by atoms with Gasteiger partial charge in [0.1, 0.15) is 0 Å². The molecule has 0 amide bonds. The number of hydrogen-bond acceptors (Lipinski definition) is 4. The molecule has 0 unspecified atom stereocenters. The average Bonchev–Trinajstić information content (AvgIpc) is 2.85. The lowest BCUT2D eigenvalue weighted by atomic mass is 10.2. The van der Waals surface area contributed by atoms with Gasteiger partial charge in [0.15, 0.2) is 0 Å². The van der Waals surface area contributed by atoms with E-state index in [1.54, 1.807) is 18.2 Å². The number of nitrogens with one attached hydrogen (secondary N) is 1. The molecule has 126 valence electrons. The maximum absolute atomic E-state index is 12.5. The van der Waals surface area contributed by atoms with E-state index in [0.29, 0.717) is 11.2 Å². The molecular weight excluding hydrogens is 361 g/mol. The van der Waals surface area contributed by atoms with Gasteiger partial charge < -0.3 is 0 Å². The Morgan fingerprint density at radius 2 is 1.75 bits per heavy atom. The van der Waals surface area contributed by atoms with Crippen LogP contribution in [0.5, 0.6) is 0 Å². The standard InChI is InChI=1S/C15H11F3N2O2S2/c1-9-19-13-8-11(4-7-14(13)23-9)20-24(21,22)12-5-2-10(3-6-12)15(16,17)18/h2-8,20H,1H3. The van der Waals surface area contributed by atoms with Crippen LogP contribution in [0.1, 0.15) is 10.6 Å². The van der Waals surface area contributed by atoms with Crippen LogP contribution >= 0.6 is 11.3 Å². The second-order valence-corrected chi connectivity index (χ2v) is 7.96. The molecule has 0 spiro atoms. The Morgan fingerprint density at radius 1 is 1.08 bits per heavy atom. The number of aryl methyl sites for hydroxylation is 1. The minimum absolute atomic E-state index is 0.245. The van der Waals surface area contributed by atoms with Gasteiger partial charge in [-0.25, -0.2) is 13.4 Å². The topological polar surface area (TPSA) is 59.1 Å². The highest BCUT2D eigenvalue weighted by Gasteiger charge is 2.30. The predicted molar refractivity (Wildman–Crippen MR) is 86.6 cm³/mol. The van der Waals surface area contributed by atoms with Crippen LogP contribution in [0.25, 0.3) is 10.2 Å². The third-order valence-corrected chi connectivity index (χ3v) is 5.59. The minimum atomic E-state index is -4.51. The van der Waals surface area contributed by atoms with Gasteiger partial charge in [0.25, 0.3) is 10.0 Å². The van der Waals surface area contributed by atoms with Crippen molar-refractivity contribution in [1.82, 2.24) is 4.98 Å². The van der Waals surface area contributed by atoms with Gasteiger partial charge in [-0.05, 0) is 49.4 Å². The molecule has 24 heavy (non-hydrogen) atoms. The van der Waals surface area contributed by atoms with E-state index in [2.05, 4.69) is 9.71 Å². The first-order valence-electron chi connectivity index (χ1n) is 6.72. The van der Waals surface area contributed by atoms with Gasteiger partial charge in [0.05, 0.1) is 31.4 Å². The molecule has 3 aromatic rings. The molecule has 0 aliphatic carbocycles. The molecule has 1 aromatic heterocycles. The summed E-state index contributed by atoms with van der Waals surface area (Å²) < 4.78 is 65.5. The highest BCUT2D eigenvalue weighted by molar-refractivity contribution is 7.92. The molecule has 0 saturated heterocycles. The maximum Gasteiger partial charge on any atom is 0.416 e. The minimum Gasteiger partial charge on any atom is -0.280 e. The molecule has 1 N–H and O–H groups in total. The van der Waals surface area contributed by atoms with Crippen LogP contribution in [-0.2, 0) is 16.2 Å². The van der Waals surface area contributed by atoms with Crippen LogP contribution in [0.3, 0.4) is 0 Å². The lowest BCUT2D eigenvalue weighted by Gasteiger charge is -2.10. The smallest absolute Gasteiger partial charge is 0.280 e. The molecule has 9 heteroatoms. The summed E-state index contributed by atoms with van der Waals surface area (Å²) in [4.78, 5) is 4.03. The Hall–Kier alpha value is -2.13. The second kappa shape index (κ2) is 5.75. The summed E-state index contributed by atoms with van der Waals surface area (Å²) in [6, 6.07) is 8.24. The van der Waals surface area contributed by atoms with Crippen LogP contribution in [0.2, 0.25) is 0 Å². The number of halogens is 3. The fourth-order valence-corrected chi connectivity index (χ4v) is 4.00. The molecule has 0 aliphatic heterocycles. The van der Waals surface area contributed by atoms with Crippen LogP contribution < -0.4 is 4.72 Å². The van der Waals surface area contributed by atoms with E-state index in [-0.39, 0.29) is 4.90 Å². The highest BCUT2D eigenvalue weighted by Crippen LogP contribution is 2.30. The van der Waals surface area contributed by atoms with Gasteiger partial charge in [-0.1, -0.05) is 0 Å². The zero-order chi connectivity index (χ0) is 17.5. The van der Waals surface area contributed by atoms with Gasteiger partial charge in [-0.15, -0.1) is 11.3 Å². The average molecular weight is 372 g/mol. The van der Waals surface area contributed by atoms with Crippen LogP contribution in [0.4, 0.5) is 18.9 Å². The number of aromatic nitrogens is 1. The Bertz CT molecular complexity index is 994. The molecule has 0 radical (unpaired) electrons. The number of nitrogens with zero attached hydrogens (tertiary/aromatic N) is 1. The fourth-order valence-electron chi connectivity index (χ4n) is 2.14. The first-order chi connectivity index (χ1) is 11.1. The summed E-state index contributed by atoms with van der Waals surface area (Å²) in [5, 5.41) is 0.854. The van der Waals surface area contributed by atoms with E-state index in [9.17, 15) is 21.6 Å². The molecule has 3 rings (SSSR count). The lowest BCUT2D eigenvalue weighted by molar-refractivity contribution is -0.137. The summed E-state index contributed by atoms with van der Waals surface area (Å²) in [5.41, 5.74) is 0.0543. The van der Waals surface area contributed by atoms with Crippen molar-refractivity contribution in [3.63, 3.8) is 0 Å². The van der Waals surface area contributed by atoms with Gasteiger partial charge in [-0.2, -0.15) is 13.2 Å². The SMILES string of the molecule is Cc1nc2cc(NS(=O)(=O)c3ccc(C(F)(F)F)cc3)ccc2s1. The Labute approximate surface area is 140 Å². The highest BCUT2D eigenvalue weighted by atomic mass is 32.2. The molecule has 0 bridgehead atoms. The Morgan fingerprint density at radius 3 is 2.38 bits per heavy atom. The molecule has 0 saturated carbocycles. The van der Waals surface area contributed by atoms with Gasteiger partial charge in [0.2, 0.25) is 0 Å². The monoisotopic (exact) mass is 372 g/mol. The van der Waals surface area contributed by atoms with Crippen molar-refractivity contribution in [3.8, 4) is 0 Å². The number of anilines is 1. The number of thiazole rings is 1. The van der Waals surface area contributed by atoms with E-state index in [1.165, 1.54) is 11.3 Å². The summed E-state index contributed by atoms with van der Waals surface area (Å²) in [6.07, 6.45) is -4.51. The third kappa shape index (κ3) is 3.36. The van der Waals surface area contributed by atoms with Crippen LogP contribution in [0.15, 0.2) is 47.4 Å². The van der Waals surface area contributed by atoms with Gasteiger partial charge in [-0.3, -0.25) is 4.72 Å². The summed E-state index contributed by atoms with van der Waals surface area (Å²) in [5.74, 6) is 0. The normalized spacial score (nSPS) is 12.5. The quantitative estimate of drug-likeness (QED) is 0.740. The number of alkyl halides is 3. The van der Waals surface area contributed by atoms with Crippen molar-refractivity contribution in [3.05, 3.63) is 53.0 Å². The van der Waals surface area contributed by atoms with Crippen molar-refractivity contribution in [2.45, 2.75) is 18.0 Å². The van der Waals surface area contributed by atoms with E-state index in [1.807, 2.05) is 6.92 Å². The number of rotatable bonds is 3. The van der Waals surface area contributed by atoms with Crippen LogP contribution in [0, 0.1) is 6.92 Å². The summed E-state index contributed by atoms with van der Waals surface area (Å²) in [6.45, 7) is 1.84. The molecule has 1 heterocycles. The zero-order valence-electron chi connectivity index (χ0n) is 12.3. The van der Waals surface area contributed by atoms with Crippen molar-refractivity contribution < 1.29 is 21.6 Å². The number of sulfonamides is 1. The third-order valence-electron chi connectivity index (χ3n) is 3.24. The first kappa shape index (κ1) is 16.7. The molecule has 2 aromatic carbocycles. The zero-order valence-corrected chi connectivity index (χ0v) is 13.9. The van der Waals surface area contributed by atoms with Crippen LogP contribution in [-0.4, -0.2) is 13.4 Å². The van der Waals surface area contributed by atoms with E-state index in [0.717, 1.165) is 34.0 Å². The molecule has 4 nitrogen and oxygen atoms in total. The Kier molecular flexibility index (Phi) is 4.00. The van der Waals surface area contributed by atoms with E-state index < -0.39 is 21.8 Å².